The second kappa shape index (κ2) is 6.96. The van der Waals surface area contributed by atoms with Crippen molar-refractivity contribution in [2.24, 2.45) is 22.7 Å². The van der Waals surface area contributed by atoms with E-state index in [-0.39, 0.29) is 25.7 Å². The van der Waals surface area contributed by atoms with Crippen LogP contribution in [0.1, 0.15) is 67.2 Å². The monoisotopic (exact) mass is 498 g/mol. The summed E-state index contributed by atoms with van der Waals surface area (Å²) in [6.45, 7) is 9.13. The quantitative estimate of drug-likeness (QED) is 0.260. The van der Waals surface area contributed by atoms with Crippen LogP contribution < -0.4 is 0 Å². The summed E-state index contributed by atoms with van der Waals surface area (Å²) in [6, 6.07) is 0. The van der Waals surface area contributed by atoms with Crippen molar-refractivity contribution in [3.8, 4) is 0 Å². The van der Waals surface area contributed by atoms with Crippen molar-refractivity contribution < 1.29 is 49.3 Å². The molecule has 12 atom stereocenters. The van der Waals surface area contributed by atoms with E-state index >= 15 is 0 Å². The van der Waals surface area contributed by atoms with E-state index in [1.165, 1.54) is 6.92 Å². The van der Waals surface area contributed by atoms with Crippen LogP contribution >= 0.6 is 0 Å². The molecule has 0 unspecified atom stereocenters. The molecule has 4 aliphatic carbocycles. The van der Waals surface area contributed by atoms with Gasteiger partial charge in [-0.05, 0) is 33.1 Å². The normalized spacial score (nSPS) is 57.4. The van der Waals surface area contributed by atoms with Crippen molar-refractivity contribution in [1.29, 1.82) is 0 Å². The summed E-state index contributed by atoms with van der Waals surface area (Å²) in [4.78, 5) is 25.0. The van der Waals surface area contributed by atoms with Gasteiger partial charge in [0, 0.05) is 24.7 Å². The summed E-state index contributed by atoms with van der Waals surface area (Å²) in [5, 5.41) is 60.6. The Morgan fingerprint density at radius 1 is 1.03 bits per heavy atom. The number of hydrogen-bond acceptors (Lipinski definition) is 10. The number of ether oxygens (including phenoxy) is 3. The molecule has 1 spiro atoms. The van der Waals surface area contributed by atoms with Crippen molar-refractivity contribution >= 4 is 11.9 Å². The van der Waals surface area contributed by atoms with Gasteiger partial charge in [-0.25, -0.2) is 0 Å². The Bertz CT molecular complexity index is 960. The van der Waals surface area contributed by atoms with Crippen molar-refractivity contribution in [2.75, 3.05) is 0 Å². The molecule has 5 aliphatic rings. The summed E-state index contributed by atoms with van der Waals surface area (Å²) < 4.78 is 17.4. The molecule has 5 rings (SSSR count). The van der Waals surface area contributed by atoms with E-state index < -0.39 is 87.5 Å². The summed E-state index contributed by atoms with van der Waals surface area (Å²) in [6.07, 6.45) is -5.71. The Morgan fingerprint density at radius 3 is 2.23 bits per heavy atom. The van der Waals surface area contributed by atoms with Gasteiger partial charge in [0.1, 0.15) is 29.5 Å². The van der Waals surface area contributed by atoms with Gasteiger partial charge in [0.05, 0.1) is 34.7 Å². The molecule has 0 radical (unpaired) electrons. The van der Waals surface area contributed by atoms with E-state index in [9.17, 15) is 35.1 Å². The third-order valence-electron chi connectivity index (χ3n) is 10.5. The number of hydrogen-bond donors (Lipinski definition) is 5. The molecule has 5 fully saturated rings. The Labute approximate surface area is 204 Å². The molecule has 10 nitrogen and oxygen atoms in total. The largest absolute Gasteiger partial charge is 0.461 e. The predicted octanol–water partition coefficient (Wildman–Crippen LogP) is -0.198. The van der Waals surface area contributed by atoms with Gasteiger partial charge in [-0.1, -0.05) is 20.8 Å². The fourth-order valence-corrected chi connectivity index (χ4v) is 8.85. The van der Waals surface area contributed by atoms with E-state index in [2.05, 4.69) is 0 Å². The topological polar surface area (TPSA) is 166 Å². The highest BCUT2D eigenvalue weighted by molar-refractivity contribution is 5.69. The summed E-state index contributed by atoms with van der Waals surface area (Å²) >= 11 is 0. The van der Waals surface area contributed by atoms with E-state index in [1.54, 1.807) is 27.7 Å². The molecule has 5 N–H and O–H groups in total. The summed E-state index contributed by atoms with van der Waals surface area (Å²) in [7, 11) is 0. The van der Waals surface area contributed by atoms with Crippen LogP contribution in [-0.2, 0) is 23.8 Å². The number of aliphatic hydroxyl groups is 5. The number of esters is 2. The Balaban J connectivity index is 1.82. The second-order valence-electron chi connectivity index (χ2n) is 12.5. The molecule has 2 bridgehead atoms. The number of carbonyl (C=O) groups excluding carboxylic acids is 2. The fourth-order valence-electron chi connectivity index (χ4n) is 8.85. The van der Waals surface area contributed by atoms with E-state index in [1.807, 2.05) is 0 Å². The van der Waals surface area contributed by atoms with Crippen molar-refractivity contribution in [3.05, 3.63) is 0 Å². The zero-order valence-electron chi connectivity index (χ0n) is 21.1. The second-order valence-corrected chi connectivity index (χ2v) is 12.5. The number of aliphatic hydroxyl groups excluding tert-OH is 1. The van der Waals surface area contributed by atoms with Crippen LogP contribution in [0.3, 0.4) is 0 Å². The van der Waals surface area contributed by atoms with Gasteiger partial charge in [-0.2, -0.15) is 0 Å². The highest BCUT2D eigenvalue weighted by atomic mass is 16.6. The highest BCUT2D eigenvalue weighted by Crippen LogP contribution is 2.74. The predicted molar refractivity (Wildman–Crippen MR) is 119 cm³/mol. The molecular weight excluding hydrogens is 460 g/mol. The maximum Gasteiger partial charge on any atom is 0.305 e. The minimum absolute atomic E-state index is 0.0221. The average molecular weight is 499 g/mol. The number of fused-ring (bicyclic) bond motifs is 4. The molecule has 1 heterocycles. The van der Waals surface area contributed by atoms with Gasteiger partial charge in [0.25, 0.3) is 0 Å². The molecular formula is C25H38O10. The van der Waals surface area contributed by atoms with Crippen LogP contribution in [0.15, 0.2) is 0 Å². The first-order valence-corrected chi connectivity index (χ1v) is 12.5. The lowest BCUT2D eigenvalue weighted by atomic mass is 9.53. The average Bonchev–Trinajstić information content (AvgIpc) is 3.46. The first-order valence-electron chi connectivity index (χ1n) is 12.5. The lowest BCUT2D eigenvalue weighted by molar-refractivity contribution is -0.291. The molecule has 35 heavy (non-hydrogen) atoms. The molecule has 198 valence electrons. The lowest BCUT2D eigenvalue weighted by Gasteiger charge is -2.58. The summed E-state index contributed by atoms with van der Waals surface area (Å²) in [5.74, 6) is -3.16. The standard InChI is InChI=1S/C25H38O10/c1-7-13(27)34-17-12-8-9-24(31)22(6,30)15-14-18(35-14)20(3,4)25(15,32)16(28)19(33-11(2)26)23(17,24)10-21(12,5)29/h12,14-19,28-32H,7-10H2,1-6H3/t12-,14+,15+,16-,17-,18+,19-,21-,22+,23-,24-,25+/m1/s1. The smallest absolute Gasteiger partial charge is 0.305 e. The minimum Gasteiger partial charge on any atom is -0.461 e. The molecule has 4 saturated carbocycles. The first-order chi connectivity index (χ1) is 15.9. The number of rotatable bonds is 3. The molecule has 0 aromatic heterocycles. The van der Waals surface area contributed by atoms with Gasteiger partial charge < -0.3 is 39.7 Å². The minimum atomic E-state index is -2.12. The van der Waals surface area contributed by atoms with Gasteiger partial charge in [-0.15, -0.1) is 0 Å². The Kier molecular flexibility index (Phi) is 5.04. The first kappa shape index (κ1) is 25.4. The molecule has 1 saturated heterocycles. The van der Waals surface area contributed by atoms with Crippen molar-refractivity contribution in [2.45, 2.75) is 120 Å². The number of carbonyl (C=O) groups is 2. The molecule has 0 amide bonds. The summed E-state index contributed by atoms with van der Waals surface area (Å²) in [5.41, 5.74) is -10.6. The lowest BCUT2D eigenvalue weighted by Crippen LogP contribution is -2.73. The van der Waals surface area contributed by atoms with Crippen molar-refractivity contribution in [1.82, 2.24) is 0 Å². The number of epoxide rings is 1. The molecule has 0 aromatic rings. The maximum absolute atomic E-state index is 12.6. The molecule has 0 aromatic carbocycles. The van der Waals surface area contributed by atoms with Crippen LogP contribution in [0.5, 0.6) is 0 Å². The van der Waals surface area contributed by atoms with E-state index in [0.717, 1.165) is 6.92 Å². The Hall–Kier alpha value is -1.30. The van der Waals surface area contributed by atoms with E-state index in [4.69, 9.17) is 14.2 Å². The van der Waals surface area contributed by atoms with Crippen LogP contribution in [-0.4, -0.2) is 90.4 Å². The van der Waals surface area contributed by atoms with Gasteiger partial charge >= 0.3 is 11.9 Å². The maximum atomic E-state index is 12.6. The van der Waals surface area contributed by atoms with Crippen molar-refractivity contribution in [3.63, 3.8) is 0 Å². The Morgan fingerprint density at radius 2 is 1.66 bits per heavy atom. The van der Waals surface area contributed by atoms with Crippen LogP contribution in [0, 0.1) is 22.7 Å². The van der Waals surface area contributed by atoms with Gasteiger partial charge in [0.15, 0.2) is 0 Å². The zero-order valence-corrected chi connectivity index (χ0v) is 21.1. The van der Waals surface area contributed by atoms with Crippen LogP contribution in [0.4, 0.5) is 0 Å². The van der Waals surface area contributed by atoms with Gasteiger partial charge in [-0.3, -0.25) is 9.59 Å². The SMILES string of the molecule is CCC(=O)O[C@@H]1[C@H]2CC[C@]3(O)[C@@]1(C[C@@]2(C)O)[C@H](OC(C)=O)[C@@H](O)[C@@]1(O)[C@@H]([C@@H]2O[C@@H]2C1(C)C)[C@]3(C)O. The van der Waals surface area contributed by atoms with E-state index in [0.29, 0.717) is 0 Å². The van der Waals surface area contributed by atoms with Gasteiger partial charge in [0.2, 0.25) is 0 Å². The fraction of sp³-hybridized carbons (Fsp3) is 0.920. The van der Waals surface area contributed by atoms with Crippen LogP contribution in [0.2, 0.25) is 0 Å². The molecule has 1 aliphatic heterocycles. The zero-order chi connectivity index (χ0) is 26.1. The third-order valence-corrected chi connectivity index (χ3v) is 10.5. The molecule has 10 heteroatoms. The third kappa shape index (κ3) is 2.66. The van der Waals surface area contributed by atoms with Crippen LogP contribution in [0.25, 0.3) is 0 Å². The highest BCUT2D eigenvalue weighted by Gasteiger charge is 2.89.